The lowest BCUT2D eigenvalue weighted by molar-refractivity contribution is 0.668. The van der Waals surface area contributed by atoms with Crippen LogP contribution in [-0.4, -0.2) is 6.04 Å². The first-order valence-corrected chi connectivity index (χ1v) is 16.5. The molecule has 0 N–H and O–H groups in total. The minimum atomic E-state index is 0.132. The molecule has 2 aliphatic rings. The Morgan fingerprint density at radius 2 is 1.38 bits per heavy atom. The molecule has 6 aromatic carbocycles. The zero-order valence-corrected chi connectivity index (χ0v) is 25.8. The number of allylic oxidation sites excluding steroid dienone is 6. The summed E-state index contributed by atoms with van der Waals surface area (Å²) in [5.74, 6) is 0. The summed E-state index contributed by atoms with van der Waals surface area (Å²) in [5.41, 5.74) is 8.71. The van der Waals surface area contributed by atoms with Crippen LogP contribution in [0.15, 0.2) is 166 Å². The van der Waals surface area contributed by atoms with Crippen molar-refractivity contribution in [2.24, 2.45) is 0 Å². The first kappa shape index (κ1) is 26.4. The molecule has 0 amide bonds. The van der Waals surface area contributed by atoms with Crippen LogP contribution in [0.4, 0.5) is 11.4 Å². The molecule has 1 unspecified atom stereocenters. The number of hydrogen-bond acceptors (Lipinski definition) is 3. The maximum atomic E-state index is 6.41. The van der Waals surface area contributed by atoms with Crippen LogP contribution in [0.2, 0.25) is 0 Å². The Kier molecular flexibility index (Phi) is 5.83. The molecule has 0 aliphatic heterocycles. The Morgan fingerprint density at radius 3 is 2.23 bits per heavy atom. The number of anilines is 2. The predicted octanol–water partition coefficient (Wildman–Crippen LogP) is 12.5. The van der Waals surface area contributed by atoms with Gasteiger partial charge in [-0.3, -0.25) is 0 Å². The summed E-state index contributed by atoms with van der Waals surface area (Å²) in [4.78, 5) is 2.51. The van der Waals surface area contributed by atoms with Gasteiger partial charge in [0, 0.05) is 49.8 Å². The van der Waals surface area contributed by atoms with E-state index in [0.29, 0.717) is 0 Å². The first-order chi connectivity index (χ1) is 23.3. The molecule has 0 fully saturated rings. The minimum absolute atomic E-state index is 0.132. The third kappa shape index (κ3) is 4.13. The van der Waals surface area contributed by atoms with E-state index in [9.17, 15) is 0 Å². The summed E-state index contributed by atoms with van der Waals surface area (Å²) in [5, 5.41) is 9.50. The Balaban J connectivity index is 1.19. The zero-order valence-electron chi connectivity index (χ0n) is 25.8. The predicted molar refractivity (Wildman–Crippen MR) is 197 cm³/mol. The molecule has 2 aromatic heterocycles. The minimum Gasteiger partial charge on any atom is -0.456 e. The van der Waals surface area contributed by atoms with Crippen molar-refractivity contribution in [3.05, 3.63) is 157 Å². The largest absolute Gasteiger partial charge is 0.456 e. The van der Waals surface area contributed by atoms with E-state index in [-0.39, 0.29) is 6.04 Å². The van der Waals surface area contributed by atoms with Gasteiger partial charge in [-0.05, 0) is 77.6 Å². The summed E-state index contributed by atoms with van der Waals surface area (Å²) in [6.07, 6.45) is 16.9. The number of hydrogen-bond donors (Lipinski definition) is 0. The van der Waals surface area contributed by atoms with Gasteiger partial charge in [0.2, 0.25) is 0 Å². The lowest BCUT2D eigenvalue weighted by atomic mass is 9.91. The maximum absolute atomic E-state index is 6.41. The third-order valence-electron chi connectivity index (χ3n) is 10.1. The van der Waals surface area contributed by atoms with Crippen LogP contribution in [0, 0.1) is 0 Å². The molecule has 224 valence electrons. The topological polar surface area (TPSA) is 29.5 Å². The van der Waals surface area contributed by atoms with E-state index in [1.807, 2.05) is 18.2 Å². The Labute approximate surface area is 272 Å². The highest BCUT2D eigenvalue weighted by molar-refractivity contribution is 6.27. The number of benzene rings is 6. The molecule has 47 heavy (non-hydrogen) atoms. The maximum Gasteiger partial charge on any atom is 0.137 e. The van der Waals surface area contributed by atoms with Gasteiger partial charge in [0.15, 0.2) is 0 Å². The quantitative estimate of drug-likeness (QED) is 0.187. The zero-order chi connectivity index (χ0) is 30.9. The first-order valence-electron chi connectivity index (χ1n) is 16.5. The van der Waals surface area contributed by atoms with Crippen LogP contribution >= 0.6 is 0 Å². The van der Waals surface area contributed by atoms with Crippen LogP contribution in [0.5, 0.6) is 0 Å². The lowest BCUT2D eigenvalue weighted by Crippen LogP contribution is -2.30. The average Bonchev–Trinajstić information content (AvgIpc) is 3.70. The number of para-hydroxylation sites is 2. The molecule has 0 saturated heterocycles. The van der Waals surface area contributed by atoms with Crippen molar-refractivity contribution in [2.75, 3.05) is 4.90 Å². The third-order valence-corrected chi connectivity index (χ3v) is 10.1. The molecule has 0 bridgehead atoms. The standard InChI is InChI=1S/C44H31NO2/c1-2-9-28(10-3-1)29-17-21-31(22-18-29)45(32-23-25-35-34-11-4-6-15-39(34)47-42(35)27-32)38-14-8-13-36-33(38)24-19-30-20-26-41-44(43(30)36)37-12-5-7-16-40(37)46-41/h1-2,4-9,11-21,23-27,31H,3,10,22H2. The van der Waals surface area contributed by atoms with Gasteiger partial charge in [0.1, 0.15) is 22.3 Å². The molecule has 0 saturated carbocycles. The lowest BCUT2D eigenvalue weighted by Gasteiger charge is -2.34. The fourth-order valence-electron chi connectivity index (χ4n) is 7.85. The van der Waals surface area contributed by atoms with Crippen molar-refractivity contribution >= 4 is 76.8 Å². The molecular weight excluding hydrogens is 574 g/mol. The highest BCUT2D eigenvalue weighted by Gasteiger charge is 2.24. The van der Waals surface area contributed by atoms with Crippen LogP contribution in [0.25, 0.3) is 65.4 Å². The molecule has 3 nitrogen and oxygen atoms in total. The second kappa shape index (κ2) is 10.4. The summed E-state index contributed by atoms with van der Waals surface area (Å²) >= 11 is 0. The van der Waals surface area contributed by atoms with Gasteiger partial charge in [-0.25, -0.2) is 0 Å². The van der Waals surface area contributed by atoms with E-state index < -0.39 is 0 Å². The molecule has 2 aliphatic carbocycles. The van der Waals surface area contributed by atoms with E-state index in [0.717, 1.165) is 63.4 Å². The van der Waals surface area contributed by atoms with Crippen LogP contribution in [0.3, 0.4) is 0 Å². The van der Waals surface area contributed by atoms with Gasteiger partial charge in [-0.15, -0.1) is 0 Å². The van der Waals surface area contributed by atoms with E-state index in [1.165, 1.54) is 43.8 Å². The summed E-state index contributed by atoms with van der Waals surface area (Å²) in [6.45, 7) is 0. The molecular formula is C44H31NO2. The highest BCUT2D eigenvalue weighted by Crippen LogP contribution is 2.44. The average molecular weight is 606 g/mol. The number of nitrogens with zero attached hydrogens (tertiary/aromatic N) is 1. The Bertz CT molecular complexity index is 2680. The molecule has 8 aromatic rings. The Morgan fingerprint density at radius 1 is 0.617 bits per heavy atom. The van der Waals surface area contributed by atoms with Crippen molar-refractivity contribution in [3.63, 3.8) is 0 Å². The van der Waals surface area contributed by atoms with Crippen molar-refractivity contribution in [3.8, 4) is 0 Å². The van der Waals surface area contributed by atoms with Gasteiger partial charge in [-0.2, -0.15) is 0 Å². The fraction of sp³-hybridized carbons (Fsp3) is 0.0909. The van der Waals surface area contributed by atoms with Gasteiger partial charge in [0.25, 0.3) is 0 Å². The van der Waals surface area contributed by atoms with Crippen LogP contribution in [0.1, 0.15) is 19.3 Å². The van der Waals surface area contributed by atoms with E-state index in [1.54, 1.807) is 0 Å². The molecule has 0 spiro atoms. The fourth-order valence-corrected chi connectivity index (χ4v) is 7.85. The van der Waals surface area contributed by atoms with Gasteiger partial charge in [-0.1, -0.05) is 103 Å². The highest BCUT2D eigenvalue weighted by atomic mass is 16.3. The van der Waals surface area contributed by atoms with Gasteiger partial charge in [0.05, 0.1) is 6.04 Å². The summed E-state index contributed by atoms with van der Waals surface area (Å²) in [6, 6.07) is 39.1. The van der Waals surface area contributed by atoms with Crippen LogP contribution in [-0.2, 0) is 0 Å². The normalized spacial score (nSPS) is 16.6. The number of rotatable bonds is 4. The second-order valence-corrected chi connectivity index (χ2v) is 12.7. The molecule has 3 heteroatoms. The smallest absolute Gasteiger partial charge is 0.137 e. The molecule has 1 atom stereocenters. The SMILES string of the molecule is C1=CCCC(C2=CCC(N(c3ccc4c(c3)oc3ccccc34)c3cccc4c3ccc3ccc5oc6ccccc6c5c34)C=C2)=C1. The monoisotopic (exact) mass is 605 g/mol. The second-order valence-electron chi connectivity index (χ2n) is 12.7. The van der Waals surface area contributed by atoms with Crippen molar-refractivity contribution in [1.29, 1.82) is 0 Å². The molecule has 0 radical (unpaired) electrons. The molecule has 10 rings (SSSR count). The summed E-state index contributed by atoms with van der Waals surface area (Å²) < 4.78 is 12.7. The van der Waals surface area contributed by atoms with Gasteiger partial charge >= 0.3 is 0 Å². The Hall–Kier alpha value is -5.80. The van der Waals surface area contributed by atoms with E-state index >= 15 is 0 Å². The van der Waals surface area contributed by atoms with E-state index in [4.69, 9.17) is 8.83 Å². The number of furan rings is 2. The summed E-state index contributed by atoms with van der Waals surface area (Å²) in [7, 11) is 0. The molecule has 2 heterocycles. The van der Waals surface area contributed by atoms with Crippen LogP contribution < -0.4 is 4.90 Å². The van der Waals surface area contributed by atoms with Gasteiger partial charge < -0.3 is 13.7 Å². The van der Waals surface area contributed by atoms with Crippen molar-refractivity contribution in [1.82, 2.24) is 0 Å². The van der Waals surface area contributed by atoms with Crippen molar-refractivity contribution in [2.45, 2.75) is 25.3 Å². The van der Waals surface area contributed by atoms with E-state index in [2.05, 4.69) is 132 Å². The van der Waals surface area contributed by atoms with Crippen molar-refractivity contribution < 1.29 is 8.83 Å². The number of fused-ring (bicyclic) bond motifs is 10.